The molecular weight excluding hydrogens is 812 g/mol. The molecule has 3 nitrogen and oxygen atoms in total. The SMILES string of the molecule is CC1(C)c2ccccc2-c2ccc3c(c21)N(c1ccc(-c2ccccc2)cc1)B1c2c-3cc3c(oc4ccccc43)c2-n2c3ccc(-c4ccccc4)cc3c3cc(-c4ccccc4)cc1c32. The van der Waals surface area contributed by atoms with Gasteiger partial charge in [-0.1, -0.05) is 184 Å². The first-order chi connectivity index (χ1) is 33.0. The van der Waals surface area contributed by atoms with Crippen molar-refractivity contribution in [1.29, 1.82) is 0 Å². The van der Waals surface area contributed by atoms with Gasteiger partial charge in [-0.3, -0.25) is 0 Å². The van der Waals surface area contributed by atoms with Crippen molar-refractivity contribution in [3.63, 3.8) is 0 Å². The highest BCUT2D eigenvalue weighted by atomic mass is 16.3. The summed E-state index contributed by atoms with van der Waals surface area (Å²) in [5, 5.41) is 4.73. The summed E-state index contributed by atoms with van der Waals surface area (Å²) in [5.74, 6) is 0. The van der Waals surface area contributed by atoms with Crippen LogP contribution in [-0.2, 0) is 5.41 Å². The van der Waals surface area contributed by atoms with Gasteiger partial charge in [0.15, 0.2) is 5.58 Å². The molecule has 15 rings (SSSR count). The molecular formula is C63H41BN2O. The molecule has 10 aromatic carbocycles. The molecule has 0 saturated carbocycles. The van der Waals surface area contributed by atoms with Crippen LogP contribution in [0.25, 0.3) is 105 Å². The third-order valence-corrected chi connectivity index (χ3v) is 15.3. The van der Waals surface area contributed by atoms with Gasteiger partial charge < -0.3 is 13.8 Å². The second-order valence-corrected chi connectivity index (χ2v) is 19.2. The van der Waals surface area contributed by atoms with Crippen molar-refractivity contribution in [2.75, 3.05) is 4.81 Å². The molecule has 0 fully saturated rings. The second-order valence-electron chi connectivity index (χ2n) is 19.2. The first-order valence-corrected chi connectivity index (χ1v) is 23.5. The van der Waals surface area contributed by atoms with E-state index < -0.39 is 0 Å². The highest BCUT2D eigenvalue weighted by molar-refractivity contribution is 6.94. The number of anilines is 2. The summed E-state index contributed by atoms with van der Waals surface area (Å²) < 4.78 is 9.74. The highest BCUT2D eigenvalue weighted by Crippen LogP contribution is 2.58. The summed E-state index contributed by atoms with van der Waals surface area (Å²) >= 11 is 0. The molecule has 67 heavy (non-hydrogen) atoms. The van der Waals surface area contributed by atoms with Crippen molar-refractivity contribution in [3.8, 4) is 61.3 Å². The molecule has 0 saturated heterocycles. The molecule has 2 aromatic heterocycles. The maximum absolute atomic E-state index is 7.18. The van der Waals surface area contributed by atoms with Gasteiger partial charge in [-0.25, -0.2) is 0 Å². The number of para-hydroxylation sites is 1. The number of rotatable bonds is 4. The average Bonchev–Trinajstić information content (AvgIpc) is 4.01. The van der Waals surface area contributed by atoms with Crippen LogP contribution in [0, 0.1) is 0 Å². The van der Waals surface area contributed by atoms with Gasteiger partial charge >= 0.3 is 6.85 Å². The van der Waals surface area contributed by atoms with Crippen LogP contribution in [0.4, 0.5) is 11.4 Å². The molecule has 4 heteroatoms. The monoisotopic (exact) mass is 852 g/mol. The van der Waals surface area contributed by atoms with Gasteiger partial charge in [0.1, 0.15) is 5.58 Å². The molecule has 1 aliphatic carbocycles. The lowest BCUT2D eigenvalue weighted by Gasteiger charge is -2.44. The Morgan fingerprint density at radius 3 is 1.81 bits per heavy atom. The van der Waals surface area contributed by atoms with Crippen LogP contribution in [0.5, 0.6) is 0 Å². The predicted octanol–water partition coefficient (Wildman–Crippen LogP) is 15.2. The third kappa shape index (κ3) is 4.97. The Morgan fingerprint density at radius 1 is 0.433 bits per heavy atom. The minimum atomic E-state index is -0.273. The van der Waals surface area contributed by atoms with E-state index in [9.17, 15) is 0 Å². The van der Waals surface area contributed by atoms with E-state index in [2.05, 4.69) is 236 Å². The lowest BCUT2D eigenvalue weighted by molar-refractivity contribution is 0.661. The molecule has 2 aliphatic heterocycles. The zero-order chi connectivity index (χ0) is 44.1. The lowest BCUT2D eigenvalue weighted by atomic mass is 9.43. The molecule has 0 bridgehead atoms. The van der Waals surface area contributed by atoms with Crippen LogP contribution in [0.15, 0.2) is 217 Å². The van der Waals surface area contributed by atoms with E-state index in [1.165, 1.54) is 105 Å². The van der Waals surface area contributed by atoms with Crippen molar-refractivity contribution >= 4 is 72.9 Å². The number of hydrogen-bond acceptors (Lipinski definition) is 2. The minimum Gasteiger partial charge on any atom is -0.454 e. The largest absolute Gasteiger partial charge is 0.454 e. The smallest absolute Gasteiger partial charge is 0.333 e. The molecule has 0 amide bonds. The normalized spacial score (nSPS) is 13.9. The van der Waals surface area contributed by atoms with Crippen LogP contribution >= 0.6 is 0 Å². The van der Waals surface area contributed by atoms with Crippen molar-refractivity contribution in [2.24, 2.45) is 0 Å². The quantitative estimate of drug-likeness (QED) is 0.165. The first-order valence-electron chi connectivity index (χ1n) is 23.5. The molecule has 12 aromatic rings. The maximum atomic E-state index is 7.18. The Hall–Kier alpha value is -8.34. The van der Waals surface area contributed by atoms with Crippen LogP contribution in [0.3, 0.4) is 0 Å². The molecule has 0 atom stereocenters. The number of hydrogen-bond donors (Lipinski definition) is 0. The predicted molar refractivity (Wildman–Crippen MR) is 281 cm³/mol. The molecule has 3 aliphatic rings. The fourth-order valence-corrected chi connectivity index (χ4v) is 12.4. The van der Waals surface area contributed by atoms with Gasteiger partial charge in [0.05, 0.1) is 16.7 Å². The van der Waals surface area contributed by atoms with E-state index in [0.717, 1.165) is 33.3 Å². The first kappa shape index (κ1) is 36.9. The fourth-order valence-electron chi connectivity index (χ4n) is 12.4. The van der Waals surface area contributed by atoms with Gasteiger partial charge in [-0.2, -0.15) is 0 Å². The minimum absolute atomic E-state index is 0.208. The van der Waals surface area contributed by atoms with Crippen molar-refractivity contribution in [3.05, 3.63) is 223 Å². The molecule has 0 radical (unpaired) electrons. The van der Waals surface area contributed by atoms with Crippen LogP contribution < -0.4 is 15.7 Å². The van der Waals surface area contributed by atoms with Gasteiger partial charge in [-0.05, 0) is 115 Å². The molecule has 4 heterocycles. The fraction of sp³-hybridized carbons (Fsp3) is 0.0476. The molecule has 0 N–H and O–H groups in total. The Balaban J connectivity index is 1.13. The summed E-state index contributed by atoms with van der Waals surface area (Å²) in [6, 6.07) is 78.8. The highest BCUT2D eigenvalue weighted by Gasteiger charge is 2.49. The van der Waals surface area contributed by atoms with E-state index in [1.54, 1.807) is 0 Å². The topological polar surface area (TPSA) is 21.3 Å². The van der Waals surface area contributed by atoms with Gasteiger partial charge in [-0.15, -0.1) is 0 Å². The molecule has 0 spiro atoms. The van der Waals surface area contributed by atoms with Crippen molar-refractivity contribution in [1.82, 2.24) is 4.57 Å². The third-order valence-electron chi connectivity index (χ3n) is 15.3. The molecule has 312 valence electrons. The summed E-state index contributed by atoms with van der Waals surface area (Å²) in [5.41, 5.74) is 25.1. The summed E-state index contributed by atoms with van der Waals surface area (Å²) in [6.45, 7) is 4.65. The van der Waals surface area contributed by atoms with E-state index in [0.29, 0.717) is 0 Å². The van der Waals surface area contributed by atoms with E-state index in [1.807, 2.05) is 0 Å². The number of nitrogens with zero attached hydrogens (tertiary/aromatic N) is 2. The standard InChI is InChI=1S/C63H41BN2O/c1-63(2)53-24-14-12-22-45(53)47-31-32-48-50-37-52-46-23-13-15-25-56(46)67-62(52)61-58(50)64(66(60(48)57(47)63)44-29-26-41(27-30-44)38-16-6-3-7-17-38)54-36-43(40-20-10-5-11-21-40)35-51-49-34-42(39-18-8-4-9-19-39)28-33-55(49)65(61)59(51)54/h3-37H,1-2H3. The summed E-state index contributed by atoms with van der Waals surface area (Å²) in [6.07, 6.45) is 0. The summed E-state index contributed by atoms with van der Waals surface area (Å²) in [4.78, 5) is 2.72. The Morgan fingerprint density at radius 2 is 1.04 bits per heavy atom. The average molecular weight is 853 g/mol. The zero-order valence-corrected chi connectivity index (χ0v) is 37.1. The lowest BCUT2D eigenvalue weighted by Crippen LogP contribution is -2.61. The van der Waals surface area contributed by atoms with Gasteiger partial charge in [0, 0.05) is 43.9 Å². The second kappa shape index (κ2) is 13.4. The summed E-state index contributed by atoms with van der Waals surface area (Å²) in [7, 11) is 0. The number of aromatic nitrogens is 1. The van der Waals surface area contributed by atoms with Crippen molar-refractivity contribution in [2.45, 2.75) is 19.3 Å². The maximum Gasteiger partial charge on any atom is 0.333 e. The number of furan rings is 1. The van der Waals surface area contributed by atoms with Crippen LogP contribution in [-0.4, -0.2) is 11.4 Å². The van der Waals surface area contributed by atoms with Gasteiger partial charge in [0.2, 0.25) is 0 Å². The van der Waals surface area contributed by atoms with Crippen LogP contribution in [0.1, 0.15) is 25.0 Å². The van der Waals surface area contributed by atoms with Gasteiger partial charge in [0.25, 0.3) is 0 Å². The van der Waals surface area contributed by atoms with Crippen molar-refractivity contribution < 1.29 is 4.42 Å². The number of benzene rings is 10. The Kier molecular flexibility index (Phi) is 7.37. The molecule has 0 unspecified atom stereocenters. The van der Waals surface area contributed by atoms with Crippen LogP contribution in [0.2, 0.25) is 0 Å². The van der Waals surface area contributed by atoms with E-state index in [4.69, 9.17) is 4.42 Å². The Bertz CT molecular complexity index is 4050. The zero-order valence-electron chi connectivity index (χ0n) is 37.1. The van der Waals surface area contributed by atoms with E-state index in [-0.39, 0.29) is 12.3 Å². The number of fused-ring (bicyclic) bond motifs is 15. The Labute approximate surface area is 388 Å². The van der Waals surface area contributed by atoms with E-state index >= 15 is 0 Å².